The van der Waals surface area contributed by atoms with E-state index in [1.807, 2.05) is 0 Å². The second-order valence-electron chi connectivity index (χ2n) is 3.59. The van der Waals surface area contributed by atoms with E-state index in [2.05, 4.69) is 15.9 Å². The number of rotatable bonds is 2. The normalized spacial score (nSPS) is 19.2. The van der Waals surface area contributed by atoms with E-state index in [1.54, 1.807) is 0 Å². The summed E-state index contributed by atoms with van der Waals surface area (Å²) in [6.07, 6.45) is 6.93. The maximum atomic E-state index is 11.8. The molecule has 0 N–H and O–H groups in total. The van der Waals surface area contributed by atoms with Crippen LogP contribution in [0.2, 0.25) is 5.15 Å². The Kier molecular flexibility index (Phi) is 3.16. The molecular weight excluding hydrogens is 242 g/mol. The zero-order chi connectivity index (χ0) is 12.4. The molecule has 0 aromatic carbocycles. The molecule has 88 valence electrons. The van der Waals surface area contributed by atoms with Gasteiger partial charge in [-0.05, 0) is 0 Å². The third kappa shape index (κ3) is 2.04. The summed E-state index contributed by atoms with van der Waals surface area (Å²) in [5, 5.41) is 0.175. The molecule has 17 heavy (non-hydrogen) atoms. The topological polar surface area (TPSA) is 55.3 Å². The van der Waals surface area contributed by atoms with Crippen LogP contribution in [0.3, 0.4) is 0 Å². The zero-order valence-electron chi connectivity index (χ0n) is 9.18. The molecule has 0 radical (unpaired) electrons. The van der Waals surface area contributed by atoms with E-state index >= 15 is 0 Å². The predicted molar refractivity (Wildman–Crippen MR) is 62.9 cm³/mol. The first kappa shape index (κ1) is 11.7. The Hall–Kier alpha value is -1.80. The maximum absolute atomic E-state index is 11.8. The molecule has 6 heteroatoms. The summed E-state index contributed by atoms with van der Waals surface area (Å²) in [7, 11) is 1.45. The number of anilines is 1. The van der Waals surface area contributed by atoms with Gasteiger partial charge in [0.1, 0.15) is 6.33 Å². The molecule has 2 heterocycles. The fraction of sp³-hybridized carbons (Fsp3) is 0.364. The summed E-state index contributed by atoms with van der Waals surface area (Å²) in [5.41, 5.74) is 0. The Bertz CT molecular complexity index is 498. The highest BCUT2D eigenvalue weighted by Crippen LogP contribution is 2.34. The quantitative estimate of drug-likeness (QED) is 0.584. The third-order valence-corrected chi connectivity index (χ3v) is 2.83. The highest BCUT2D eigenvalue weighted by molar-refractivity contribution is 6.31. The summed E-state index contributed by atoms with van der Waals surface area (Å²) in [4.78, 5) is 21.1. The number of methoxy groups -OCH3 is 1. The van der Waals surface area contributed by atoms with Crippen molar-refractivity contribution >= 4 is 23.3 Å². The van der Waals surface area contributed by atoms with E-state index in [0.717, 1.165) is 0 Å². The van der Waals surface area contributed by atoms with Crippen LogP contribution >= 0.6 is 11.6 Å². The molecule has 0 spiro atoms. The van der Waals surface area contributed by atoms with Gasteiger partial charge < -0.3 is 4.74 Å². The van der Waals surface area contributed by atoms with Crippen LogP contribution in [0.1, 0.15) is 6.42 Å². The fourth-order valence-electron chi connectivity index (χ4n) is 1.74. The van der Waals surface area contributed by atoms with Gasteiger partial charge in [0, 0.05) is 18.9 Å². The first-order chi connectivity index (χ1) is 8.17. The van der Waals surface area contributed by atoms with Crippen LogP contribution in [0.4, 0.5) is 5.82 Å². The number of ether oxygens (including phenoxy) is 1. The number of terminal acetylenes is 1. The van der Waals surface area contributed by atoms with Crippen molar-refractivity contribution in [3.63, 3.8) is 0 Å². The number of carbonyl (C=O) groups excluding carboxylic acids is 1. The molecule has 1 aromatic heterocycles. The van der Waals surface area contributed by atoms with Crippen molar-refractivity contribution in [1.29, 1.82) is 0 Å². The molecule has 1 fully saturated rings. The number of carbonyl (C=O) groups is 1. The van der Waals surface area contributed by atoms with E-state index in [0.29, 0.717) is 24.5 Å². The first-order valence-corrected chi connectivity index (χ1v) is 5.36. The summed E-state index contributed by atoms with van der Waals surface area (Å²) >= 11 is 5.87. The third-order valence-electron chi connectivity index (χ3n) is 2.56. The van der Waals surface area contributed by atoms with Gasteiger partial charge in [0.05, 0.1) is 7.11 Å². The van der Waals surface area contributed by atoms with E-state index in [-0.39, 0.29) is 17.0 Å². The Morgan fingerprint density at radius 1 is 1.65 bits per heavy atom. The Balaban J connectivity index is 2.39. The predicted octanol–water partition coefficient (Wildman–Crippen LogP) is 1.12. The summed E-state index contributed by atoms with van der Waals surface area (Å²) < 4.78 is 5.10. The number of halogens is 1. The van der Waals surface area contributed by atoms with Crippen LogP contribution in [-0.2, 0) is 4.79 Å². The van der Waals surface area contributed by atoms with Gasteiger partial charge in [-0.25, -0.2) is 9.97 Å². The summed E-state index contributed by atoms with van der Waals surface area (Å²) in [6, 6.07) is 0. The van der Waals surface area contributed by atoms with E-state index in [9.17, 15) is 4.79 Å². The van der Waals surface area contributed by atoms with Gasteiger partial charge in [-0.3, -0.25) is 9.69 Å². The molecule has 0 bridgehead atoms. The number of hydrogen-bond acceptors (Lipinski definition) is 4. The second kappa shape index (κ2) is 4.60. The summed E-state index contributed by atoms with van der Waals surface area (Å²) in [5.74, 6) is 3.05. The highest BCUT2D eigenvalue weighted by Gasteiger charge is 2.32. The fourth-order valence-corrected chi connectivity index (χ4v) is 1.94. The second-order valence-corrected chi connectivity index (χ2v) is 3.95. The molecule has 1 saturated heterocycles. The molecule has 1 amide bonds. The van der Waals surface area contributed by atoms with Gasteiger partial charge in [0.2, 0.25) is 5.91 Å². The van der Waals surface area contributed by atoms with Crippen LogP contribution in [0, 0.1) is 18.3 Å². The Labute approximate surface area is 104 Å². The van der Waals surface area contributed by atoms with Crippen molar-refractivity contribution in [2.75, 3.05) is 18.6 Å². The van der Waals surface area contributed by atoms with Crippen molar-refractivity contribution in [2.24, 2.45) is 5.92 Å². The van der Waals surface area contributed by atoms with Crippen LogP contribution in [0.25, 0.3) is 0 Å². The first-order valence-electron chi connectivity index (χ1n) is 4.98. The number of hydrogen-bond donors (Lipinski definition) is 0. The van der Waals surface area contributed by atoms with Gasteiger partial charge in [-0.1, -0.05) is 11.6 Å². The SMILES string of the molecule is C#CC1CC(=O)N(c2ncnc(Cl)c2OC)C1. The zero-order valence-corrected chi connectivity index (χ0v) is 9.94. The summed E-state index contributed by atoms with van der Waals surface area (Å²) in [6.45, 7) is 0.430. The standard InChI is InChI=1S/C11H10ClN3O2/c1-3-7-4-8(16)15(5-7)11-9(17-2)10(12)13-6-14-11/h1,6-7H,4-5H2,2H3. The molecule has 1 atom stereocenters. The lowest BCUT2D eigenvalue weighted by Gasteiger charge is -2.17. The monoisotopic (exact) mass is 251 g/mol. The van der Waals surface area contributed by atoms with Crippen molar-refractivity contribution in [2.45, 2.75) is 6.42 Å². The number of aromatic nitrogens is 2. The number of amides is 1. The molecule has 0 saturated carbocycles. The average Bonchev–Trinajstić information content (AvgIpc) is 2.70. The lowest BCUT2D eigenvalue weighted by Crippen LogP contribution is -2.26. The lowest BCUT2D eigenvalue weighted by molar-refractivity contribution is -0.117. The number of nitrogens with zero attached hydrogens (tertiary/aromatic N) is 3. The smallest absolute Gasteiger partial charge is 0.229 e. The van der Waals surface area contributed by atoms with Crippen LogP contribution in [0.15, 0.2) is 6.33 Å². The molecule has 1 aliphatic rings. The minimum Gasteiger partial charge on any atom is -0.490 e. The highest BCUT2D eigenvalue weighted by atomic mass is 35.5. The van der Waals surface area contributed by atoms with Crippen molar-refractivity contribution < 1.29 is 9.53 Å². The van der Waals surface area contributed by atoms with E-state index in [4.69, 9.17) is 22.8 Å². The molecule has 2 rings (SSSR count). The van der Waals surface area contributed by atoms with Crippen LogP contribution in [-0.4, -0.2) is 29.5 Å². The Morgan fingerprint density at radius 2 is 2.41 bits per heavy atom. The average molecular weight is 252 g/mol. The largest absolute Gasteiger partial charge is 0.490 e. The molecular formula is C11H10ClN3O2. The lowest BCUT2D eigenvalue weighted by atomic mass is 10.1. The molecule has 5 nitrogen and oxygen atoms in total. The van der Waals surface area contributed by atoms with Crippen LogP contribution in [0.5, 0.6) is 5.75 Å². The van der Waals surface area contributed by atoms with Crippen LogP contribution < -0.4 is 9.64 Å². The molecule has 1 aliphatic heterocycles. The van der Waals surface area contributed by atoms with E-state index in [1.165, 1.54) is 18.3 Å². The van der Waals surface area contributed by atoms with Crippen molar-refractivity contribution in [3.05, 3.63) is 11.5 Å². The Morgan fingerprint density at radius 3 is 3.00 bits per heavy atom. The molecule has 0 aliphatic carbocycles. The van der Waals surface area contributed by atoms with Gasteiger partial charge in [-0.15, -0.1) is 12.3 Å². The van der Waals surface area contributed by atoms with Gasteiger partial charge in [0.15, 0.2) is 16.7 Å². The molecule has 1 unspecified atom stereocenters. The molecule has 1 aromatic rings. The van der Waals surface area contributed by atoms with Crippen molar-refractivity contribution in [3.8, 4) is 18.1 Å². The van der Waals surface area contributed by atoms with Gasteiger partial charge in [-0.2, -0.15) is 0 Å². The van der Waals surface area contributed by atoms with Crippen molar-refractivity contribution in [1.82, 2.24) is 9.97 Å². The van der Waals surface area contributed by atoms with Gasteiger partial charge >= 0.3 is 0 Å². The van der Waals surface area contributed by atoms with Gasteiger partial charge in [0.25, 0.3) is 0 Å². The maximum Gasteiger partial charge on any atom is 0.229 e. The minimum atomic E-state index is -0.0963. The minimum absolute atomic E-state index is 0.0824. The van der Waals surface area contributed by atoms with E-state index < -0.39 is 0 Å².